The molecule has 1 N–H and O–H groups in total. The second-order valence-electron chi connectivity index (χ2n) is 5.10. The number of nitrogens with zero attached hydrogens (tertiary/aromatic N) is 1. The third-order valence-corrected chi connectivity index (χ3v) is 3.81. The lowest BCUT2D eigenvalue weighted by Crippen LogP contribution is -2.47. The lowest BCUT2D eigenvalue weighted by molar-refractivity contribution is -0.137. The molecule has 0 aliphatic carbocycles. The molecule has 0 spiro atoms. The van der Waals surface area contributed by atoms with Crippen molar-refractivity contribution in [3.63, 3.8) is 0 Å². The van der Waals surface area contributed by atoms with Gasteiger partial charge in [0, 0.05) is 19.1 Å². The normalized spacial score (nSPS) is 20.8. The summed E-state index contributed by atoms with van der Waals surface area (Å²) >= 11 is 0. The van der Waals surface area contributed by atoms with E-state index in [2.05, 4.69) is 12.2 Å². The van der Waals surface area contributed by atoms with Gasteiger partial charge < -0.3 is 10.2 Å². The van der Waals surface area contributed by atoms with Crippen LogP contribution in [0.25, 0.3) is 0 Å². The molecular formula is C13H24N2O2. The molecule has 4 heteroatoms. The van der Waals surface area contributed by atoms with Crippen LogP contribution in [0.5, 0.6) is 0 Å². The van der Waals surface area contributed by atoms with Gasteiger partial charge in [-0.25, -0.2) is 0 Å². The molecule has 0 aromatic carbocycles. The van der Waals surface area contributed by atoms with Crippen LogP contribution >= 0.6 is 0 Å². The van der Waals surface area contributed by atoms with Gasteiger partial charge in [-0.05, 0) is 25.2 Å². The Morgan fingerprint density at radius 2 is 2.06 bits per heavy atom. The predicted octanol–water partition coefficient (Wildman–Crippen LogP) is 1.41. The van der Waals surface area contributed by atoms with E-state index in [9.17, 15) is 9.59 Å². The minimum absolute atomic E-state index is 0.0423. The number of carbonyl (C=O) groups is 2. The summed E-state index contributed by atoms with van der Waals surface area (Å²) in [5, 5.41) is 2.73. The number of rotatable bonds is 5. The first kappa shape index (κ1) is 14.0. The van der Waals surface area contributed by atoms with Crippen LogP contribution in [0.2, 0.25) is 0 Å². The zero-order valence-corrected chi connectivity index (χ0v) is 11.1. The van der Waals surface area contributed by atoms with Crippen molar-refractivity contribution in [3.8, 4) is 0 Å². The molecule has 1 rings (SSSR count). The average Bonchev–Trinajstić information content (AvgIpc) is 2.35. The fraction of sp³-hybridized carbons (Fsp3) is 0.846. The zero-order chi connectivity index (χ0) is 12.8. The Labute approximate surface area is 104 Å². The third kappa shape index (κ3) is 3.72. The molecule has 1 aliphatic heterocycles. The van der Waals surface area contributed by atoms with Crippen LogP contribution in [0.15, 0.2) is 0 Å². The molecule has 98 valence electrons. The van der Waals surface area contributed by atoms with Crippen molar-refractivity contribution in [1.82, 2.24) is 10.2 Å². The molecule has 0 aromatic rings. The Bertz CT molecular complexity index is 260. The molecule has 1 saturated heterocycles. The highest BCUT2D eigenvalue weighted by Gasteiger charge is 2.28. The molecule has 1 fully saturated rings. The first-order valence-corrected chi connectivity index (χ1v) is 6.58. The lowest BCUT2D eigenvalue weighted by Gasteiger charge is -2.34. The molecule has 1 heterocycles. The maximum atomic E-state index is 12.2. The van der Waals surface area contributed by atoms with Crippen molar-refractivity contribution in [3.05, 3.63) is 0 Å². The maximum Gasteiger partial charge on any atom is 0.227 e. The molecule has 17 heavy (non-hydrogen) atoms. The standard InChI is InChI=1S/C13H24N2O2/c1-4-12(14-9-16)11(3)13(17)15-7-5-10(2)6-8-15/h9-12H,4-8H2,1-3H3,(H,14,16). The van der Waals surface area contributed by atoms with Crippen molar-refractivity contribution < 1.29 is 9.59 Å². The molecule has 0 aromatic heterocycles. The Morgan fingerprint density at radius 1 is 1.47 bits per heavy atom. The number of piperidine rings is 1. The van der Waals surface area contributed by atoms with Crippen LogP contribution in [0.1, 0.15) is 40.0 Å². The molecule has 4 nitrogen and oxygen atoms in total. The van der Waals surface area contributed by atoms with Crippen molar-refractivity contribution in [2.45, 2.75) is 46.1 Å². The van der Waals surface area contributed by atoms with Gasteiger partial charge in [-0.1, -0.05) is 20.8 Å². The molecule has 0 bridgehead atoms. The third-order valence-electron chi connectivity index (χ3n) is 3.81. The van der Waals surface area contributed by atoms with Gasteiger partial charge in [0.1, 0.15) is 0 Å². The number of hydrogen-bond donors (Lipinski definition) is 1. The summed E-state index contributed by atoms with van der Waals surface area (Å²) in [4.78, 5) is 24.7. The van der Waals surface area contributed by atoms with E-state index in [4.69, 9.17) is 0 Å². The summed E-state index contributed by atoms with van der Waals surface area (Å²) < 4.78 is 0. The minimum atomic E-state index is -0.126. The number of hydrogen-bond acceptors (Lipinski definition) is 2. The number of carbonyl (C=O) groups excluding carboxylic acids is 2. The average molecular weight is 240 g/mol. The topological polar surface area (TPSA) is 49.4 Å². The molecule has 2 amide bonds. The lowest BCUT2D eigenvalue weighted by atomic mass is 9.94. The molecule has 1 aliphatic rings. The summed E-state index contributed by atoms with van der Waals surface area (Å²) in [6.07, 6.45) is 3.67. The van der Waals surface area contributed by atoms with Gasteiger partial charge in [0.05, 0.1) is 5.92 Å². The molecular weight excluding hydrogens is 216 g/mol. The zero-order valence-electron chi connectivity index (χ0n) is 11.1. The van der Waals surface area contributed by atoms with Crippen LogP contribution < -0.4 is 5.32 Å². The van der Waals surface area contributed by atoms with Crippen molar-refractivity contribution in [2.75, 3.05) is 13.1 Å². The van der Waals surface area contributed by atoms with Gasteiger partial charge in [0.15, 0.2) is 0 Å². The van der Waals surface area contributed by atoms with E-state index >= 15 is 0 Å². The monoisotopic (exact) mass is 240 g/mol. The molecule has 2 unspecified atom stereocenters. The summed E-state index contributed by atoms with van der Waals surface area (Å²) in [7, 11) is 0. The van der Waals surface area contributed by atoms with Crippen LogP contribution in [0.3, 0.4) is 0 Å². The quantitative estimate of drug-likeness (QED) is 0.739. The Hall–Kier alpha value is -1.06. The van der Waals surface area contributed by atoms with Crippen LogP contribution in [-0.2, 0) is 9.59 Å². The first-order chi connectivity index (χ1) is 8.10. The van der Waals surface area contributed by atoms with E-state index in [1.807, 2.05) is 18.7 Å². The smallest absolute Gasteiger partial charge is 0.227 e. The summed E-state index contributed by atoms with van der Waals surface area (Å²) in [5.41, 5.74) is 0. The fourth-order valence-electron chi connectivity index (χ4n) is 2.39. The Morgan fingerprint density at radius 3 is 2.53 bits per heavy atom. The first-order valence-electron chi connectivity index (χ1n) is 6.58. The molecule has 0 saturated carbocycles. The van der Waals surface area contributed by atoms with E-state index in [0.717, 1.165) is 38.3 Å². The maximum absolute atomic E-state index is 12.2. The molecule has 0 radical (unpaired) electrons. The summed E-state index contributed by atoms with van der Waals surface area (Å²) in [6, 6.07) is -0.0423. The fourth-order valence-corrected chi connectivity index (χ4v) is 2.39. The highest BCUT2D eigenvalue weighted by atomic mass is 16.2. The van der Waals surface area contributed by atoms with Gasteiger partial charge >= 0.3 is 0 Å². The van der Waals surface area contributed by atoms with Crippen molar-refractivity contribution in [2.24, 2.45) is 11.8 Å². The number of amides is 2. The van der Waals surface area contributed by atoms with E-state index in [0.29, 0.717) is 6.41 Å². The predicted molar refractivity (Wildman–Crippen MR) is 67.4 cm³/mol. The highest BCUT2D eigenvalue weighted by Crippen LogP contribution is 2.19. The van der Waals surface area contributed by atoms with Gasteiger partial charge in [-0.15, -0.1) is 0 Å². The second-order valence-corrected chi connectivity index (χ2v) is 5.10. The largest absolute Gasteiger partial charge is 0.355 e. The van der Waals surface area contributed by atoms with Crippen LogP contribution in [-0.4, -0.2) is 36.3 Å². The summed E-state index contributed by atoms with van der Waals surface area (Å²) in [5.74, 6) is 0.779. The summed E-state index contributed by atoms with van der Waals surface area (Å²) in [6.45, 7) is 7.85. The van der Waals surface area contributed by atoms with Crippen LogP contribution in [0, 0.1) is 11.8 Å². The van der Waals surface area contributed by atoms with E-state index in [1.54, 1.807) is 0 Å². The van der Waals surface area contributed by atoms with E-state index in [-0.39, 0.29) is 17.9 Å². The Kier molecular flexibility index (Phi) is 5.45. The number of nitrogens with one attached hydrogen (secondary N) is 1. The Balaban J connectivity index is 2.52. The SMILES string of the molecule is CCC(NC=O)C(C)C(=O)N1CCC(C)CC1. The highest BCUT2D eigenvalue weighted by molar-refractivity contribution is 5.79. The van der Waals surface area contributed by atoms with Crippen LogP contribution in [0.4, 0.5) is 0 Å². The van der Waals surface area contributed by atoms with Gasteiger partial charge in [0.2, 0.25) is 12.3 Å². The van der Waals surface area contributed by atoms with E-state index < -0.39 is 0 Å². The minimum Gasteiger partial charge on any atom is -0.355 e. The van der Waals surface area contributed by atoms with Gasteiger partial charge in [-0.3, -0.25) is 9.59 Å². The number of likely N-dealkylation sites (tertiary alicyclic amines) is 1. The second kappa shape index (κ2) is 6.62. The van der Waals surface area contributed by atoms with E-state index in [1.165, 1.54) is 0 Å². The van der Waals surface area contributed by atoms with Crippen molar-refractivity contribution in [1.29, 1.82) is 0 Å². The van der Waals surface area contributed by atoms with Gasteiger partial charge in [0.25, 0.3) is 0 Å². The van der Waals surface area contributed by atoms with Gasteiger partial charge in [-0.2, -0.15) is 0 Å². The molecule has 2 atom stereocenters. The van der Waals surface area contributed by atoms with Crippen molar-refractivity contribution >= 4 is 12.3 Å².